The topological polar surface area (TPSA) is 92.4 Å². The number of nitrogens with two attached hydrogens (primary N) is 1. The molecule has 0 aliphatic heterocycles. The van der Waals surface area contributed by atoms with E-state index in [1.165, 1.54) is 0 Å². The standard InChI is InChI=1S/C15H13BrN2O3/c16-13-5-4-10(17)8-12(13)15(21)18-11-3-1-2-9(6-11)7-14(19)20/h1-6,8H,7,17H2,(H,18,21)(H,19,20). The molecule has 1 amide bonds. The lowest BCUT2D eigenvalue weighted by atomic mass is 10.1. The predicted octanol–water partition coefficient (Wildman–Crippen LogP) is 2.91. The molecule has 0 aromatic heterocycles. The van der Waals surface area contributed by atoms with E-state index in [0.717, 1.165) is 0 Å². The van der Waals surface area contributed by atoms with Gasteiger partial charge in [-0.3, -0.25) is 9.59 Å². The summed E-state index contributed by atoms with van der Waals surface area (Å²) < 4.78 is 0.635. The highest BCUT2D eigenvalue weighted by atomic mass is 79.9. The maximum Gasteiger partial charge on any atom is 0.307 e. The molecule has 5 nitrogen and oxygen atoms in total. The Balaban J connectivity index is 2.19. The van der Waals surface area contributed by atoms with E-state index < -0.39 is 5.97 Å². The van der Waals surface area contributed by atoms with Gasteiger partial charge in [0.25, 0.3) is 5.91 Å². The van der Waals surface area contributed by atoms with E-state index in [-0.39, 0.29) is 12.3 Å². The Morgan fingerprint density at radius 1 is 1.19 bits per heavy atom. The van der Waals surface area contributed by atoms with Gasteiger partial charge in [-0.1, -0.05) is 12.1 Å². The summed E-state index contributed by atoms with van der Waals surface area (Å²) in [4.78, 5) is 22.9. The van der Waals surface area contributed by atoms with Crippen LogP contribution in [0.1, 0.15) is 15.9 Å². The first kappa shape index (κ1) is 15.1. The molecule has 0 radical (unpaired) electrons. The molecule has 2 rings (SSSR count). The number of carboxylic acid groups (broad SMARTS) is 1. The number of benzene rings is 2. The molecule has 2 aromatic rings. The van der Waals surface area contributed by atoms with Crippen molar-refractivity contribution in [3.05, 3.63) is 58.1 Å². The summed E-state index contributed by atoms with van der Waals surface area (Å²) in [7, 11) is 0. The minimum Gasteiger partial charge on any atom is -0.481 e. The maximum absolute atomic E-state index is 12.2. The molecule has 0 saturated carbocycles. The Morgan fingerprint density at radius 2 is 1.95 bits per heavy atom. The fourth-order valence-electron chi connectivity index (χ4n) is 1.85. The normalized spacial score (nSPS) is 10.1. The number of nitrogen functional groups attached to an aromatic ring is 1. The van der Waals surface area contributed by atoms with Gasteiger partial charge in [0.1, 0.15) is 0 Å². The van der Waals surface area contributed by atoms with Crippen molar-refractivity contribution in [1.29, 1.82) is 0 Å². The summed E-state index contributed by atoms with van der Waals surface area (Å²) >= 11 is 3.30. The molecule has 0 heterocycles. The molecule has 0 aliphatic rings. The molecule has 0 atom stereocenters. The van der Waals surface area contributed by atoms with Crippen molar-refractivity contribution < 1.29 is 14.7 Å². The Hall–Kier alpha value is -2.34. The third-order valence-corrected chi connectivity index (χ3v) is 3.47. The van der Waals surface area contributed by atoms with Gasteiger partial charge in [0.05, 0.1) is 12.0 Å². The minimum absolute atomic E-state index is 0.0916. The van der Waals surface area contributed by atoms with E-state index >= 15 is 0 Å². The van der Waals surface area contributed by atoms with Crippen LogP contribution in [-0.2, 0) is 11.2 Å². The van der Waals surface area contributed by atoms with Crippen molar-refractivity contribution in [3.8, 4) is 0 Å². The molecule has 0 bridgehead atoms. The third-order valence-electron chi connectivity index (χ3n) is 2.78. The second-order valence-electron chi connectivity index (χ2n) is 4.46. The number of carbonyl (C=O) groups excluding carboxylic acids is 1. The molecule has 2 aromatic carbocycles. The average molecular weight is 349 g/mol. The molecular weight excluding hydrogens is 336 g/mol. The Morgan fingerprint density at radius 3 is 2.67 bits per heavy atom. The van der Waals surface area contributed by atoms with Crippen LogP contribution < -0.4 is 11.1 Å². The van der Waals surface area contributed by atoms with Crippen molar-refractivity contribution >= 4 is 39.2 Å². The number of carboxylic acids is 1. The van der Waals surface area contributed by atoms with Crippen LogP contribution in [0.25, 0.3) is 0 Å². The van der Waals surface area contributed by atoms with E-state index in [2.05, 4.69) is 21.2 Å². The van der Waals surface area contributed by atoms with E-state index in [4.69, 9.17) is 10.8 Å². The van der Waals surface area contributed by atoms with Gasteiger partial charge < -0.3 is 16.2 Å². The largest absolute Gasteiger partial charge is 0.481 e. The van der Waals surface area contributed by atoms with Gasteiger partial charge in [-0.25, -0.2) is 0 Å². The molecule has 6 heteroatoms. The van der Waals surface area contributed by atoms with Gasteiger partial charge >= 0.3 is 5.97 Å². The number of rotatable bonds is 4. The number of hydrogen-bond acceptors (Lipinski definition) is 3. The molecule has 21 heavy (non-hydrogen) atoms. The monoisotopic (exact) mass is 348 g/mol. The number of aliphatic carboxylic acids is 1. The number of nitrogens with one attached hydrogen (secondary N) is 1. The molecule has 0 saturated heterocycles. The van der Waals surface area contributed by atoms with Crippen LogP contribution in [-0.4, -0.2) is 17.0 Å². The lowest BCUT2D eigenvalue weighted by Gasteiger charge is -2.09. The SMILES string of the molecule is Nc1ccc(Br)c(C(=O)Nc2cccc(CC(=O)O)c2)c1. The zero-order valence-electron chi connectivity index (χ0n) is 11.0. The highest BCUT2D eigenvalue weighted by Gasteiger charge is 2.11. The Bertz CT molecular complexity index is 701. The summed E-state index contributed by atoms with van der Waals surface area (Å²) in [5.74, 6) is -1.24. The molecule has 108 valence electrons. The van der Waals surface area contributed by atoms with E-state index in [0.29, 0.717) is 27.0 Å². The molecule has 0 aliphatic carbocycles. The lowest BCUT2D eigenvalue weighted by molar-refractivity contribution is -0.136. The number of amides is 1. The van der Waals surface area contributed by atoms with Crippen LogP contribution in [0.2, 0.25) is 0 Å². The average Bonchev–Trinajstić information content (AvgIpc) is 2.41. The van der Waals surface area contributed by atoms with E-state index in [1.54, 1.807) is 42.5 Å². The number of hydrogen-bond donors (Lipinski definition) is 3. The molecular formula is C15H13BrN2O3. The summed E-state index contributed by atoms with van der Waals surface area (Å²) in [6.07, 6.45) is -0.0916. The first-order valence-corrected chi connectivity index (χ1v) is 6.92. The van der Waals surface area contributed by atoms with Crippen molar-refractivity contribution in [2.75, 3.05) is 11.1 Å². The Labute approximate surface area is 129 Å². The molecule has 0 unspecified atom stereocenters. The number of carbonyl (C=O) groups is 2. The van der Waals surface area contributed by atoms with Gasteiger partial charge in [0.2, 0.25) is 0 Å². The second-order valence-corrected chi connectivity index (χ2v) is 5.32. The van der Waals surface area contributed by atoms with Crippen LogP contribution in [0.5, 0.6) is 0 Å². The van der Waals surface area contributed by atoms with E-state index in [9.17, 15) is 9.59 Å². The second kappa shape index (κ2) is 6.41. The van der Waals surface area contributed by atoms with Crippen LogP contribution in [0, 0.1) is 0 Å². The van der Waals surface area contributed by atoms with Gasteiger partial charge in [-0.15, -0.1) is 0 Å². The van der Waals surface area contributed by atoms with Crippen molar-refractivity contribution in [1.82, 2.24) is 0 Å². The predicted molar refractivity (Wildman–Crippen MR) is 84.3 cm³/mol. The maximum atomic E-state index is 12.2. The highest BCUT2D eigenvalue weighted by Crippen LogP contribution is 2.21. The van der Waals surface area contributed by atoms with Crippen LogP contribution in [0.3, 0.4) is 0 Å². The summed E-state index contributed by atoms with van der Waals surface area (Å²) in [6, 6.07) is 11.7. The smallest absolute Gasteiger partial charge is 0.307 e. The quantitative estimate of drug-likeness (QED) is 0.740. The van der Waals surface area contributed by atoms with E-state index in [1.807, 2.05) is 0 Å². The van der Waals surface area contributed by atoms with Gasteiger partial charge in [0, 0.05) is 15.8 Å². The molecule has 0 fully saturated rings. The zero-order valence-corrected chi connectivity index (χ0v) is 12.6. The summed E-state index contributed by atoms with van der Waals surface area (Å²) in [5, 5.41) is 11.5. The number of anilines is 2. The van der Waals surface area contributed by atoms with Crippen molar-refractivity contribution in [2.24, 2.45) is 0 Å². The van der Waals surface area contributed by atoms with Crippen molar-refractivity contribution in [3.63, 3.8) is 0 Å². The minimum atomic E-state index is -0.919. The zero-order chi connectivity index (χ0) is 15.4. The fourth-order valence-corrected chi connectivity index (χ4v) is 2.28. The van der Waals surface area contributed by atoms with Crippen LogP contribution in [0.4, 0.5) is 11.4 Å². The third kappa shape index (κ3) is 4.06. The fraction of sp³-hybridized carbons (Fsp3) is 0.0667. The summed E-state index contributed by atoms with van der Waals surface area (Å²) in [5.41, 5.74) is 7.73. The van der Waals surface area contributed by atoms with Crippen LogP contribution >= 0.6 is 15.9 Å². The Kier molecular flexibility index (Phi) is 4.59. The van der Waals surface area contributed by atoms with Crippen molar-refractivity contribution in [2.45, 2.75) is 6.42 Å². The van der Waals surface area contributed by atoms with Gasteiger partial charge in [-0.05, 0) is 51.8 Å². The van der Waals surface area contributed by atoms with Crippen LogP contribution in [0.15, 0.2) is 46.9 Å². The summed E-state index contributed by atoms with van der Waals surface area (Å²) in [6.45, 7) is 0. The highest BCUT2D eigenvalue weighted by molar-refractivity contribution is 9.10. The number of halogens is 1. The van der Waals surface area contributed by atoms with Gasteiger partial charge in [0.15, 0.2) is 0 Å². The lowest BCUT2D eigenvalue weighted by Crippen LogP contribution is -2.13. The first-order valence-electron chi connectivity index (χ1n) is 6.13. The van der Waals surface area contributed by atoms with Gasteiger partial charge in [-0.2, -0.15) is 0 Å². The molecule has 4 N–H and O–H groups in total. The first-order chi connectivity index (χ1) is 9.95. The molecule has 0 spiro atoms.